The van der Waals surface area contributed by atoms with Gasteiger partial charge in [0.25, 0.3) is 5.69 Å². The van der Waals surface area contributed by atoms with Gasteiger partial charge in [-0.3, -0.25) is 14.9 Å². The van der Waals surface area contributed by atoms with E-state index in [0.29, 0.717) is 31.2 Å². The Labute approximate surface area is 156 Å². The van der Waals surface area contributed by atoms with Gasteiger partial charge in [0.15, 0.2) is 0 Å². The highest BCUT2D eigenvalue weighted by Gasteiger charge is 2.20. The number of halogens is 1. The summed E-state index contributed by atoms with van der Waals surface area (Å²) in [5, 5.41) is 11.4. The molecule has 1 heterocycles. The molecule has 0 N–H and O–H groups in total. The van der Waals surface area contributed by atoms with Crippen molar-refractivity contribution in [2.24, 2.45) is 0 Å². The fourth-order valence-corrected chi connectivity index (χ4v) is 3.05. The molecule has 6 nitrogen and oxygen atoms in total. The normalized spacial score (nSPS) is 14.7. The maximum absolute atomic E-state index is 12.3. The Bertz CT molecular complexity index is 828. The molecule has 0 aliphatic carbocycles. The number of non-ortho nitro benzene ring substituents is 1. The number of nitro benzene ring substituents is 1. The summed E-state index contributed by atoms with van der Waals surface area (Å²) in [7, 11) is 0. The number of hydrogen-bond donors (Lipinski definition) is 0. The van der Waals surface area contributed by atoms with Crippen LogP contribution in [0.4, 0.5) is 11.4 Å². The van der Waals surface area contributed by atoms with E-state index in [-0.39, 0.29) is 11.6 Å². The Morgan fingerprint density at radius 3 is 2.38 bits per heavy atom. The molecular formula is C19H18ClN3O3. The van der Waals surface area contributed by atoms with Crippen LogP contribution in [0.5, 0.6) is 0 Å². The first-order valence-electron chi connectivity index (χ1n) is 8.25. The van der Waals surface area contributed by atoms with E-state index >= 15 is 0 Å². The monoisotopic (exact) mass is 371 g/mol. The van der Waals surface area contributed by atoms with E-state index in [0.717, 1.165) is 11.3 Å². The highest BCUT2D eigenvalue weighted by Crippen LogP contribution is 2.21. The van der Waals surface area contributed by atoms with Crippen molar-refractivity contribution in [3.05, 3.63) is 75.3 Å². The summed E-state index contributed by atoms with van der Waals surface area (Å²) < 4.78 is 0. The van der Waals surface area contributed by atoms with Gasteiger partial charge < -0.3 is 9.80 Å². The van der Waals surface area contributed by atoms with Crippen molar-refractivity contribution in [3.63, 3.8) is 0 Å². The van der Waals surface area contributed by atoms with Crippen LogP contribution in [0.1, 0.15) is 5.56 Å². The molecule has 1 aliphatic heterocycles. The average Bonchev–Trinajstić information content (AvgIpc) is 2.66. The molecule has 1 fully saturated rings. The fraction of sp³-hybridized carbons (Fsp3) is 0.211. The first-order chi connectivity index (χ1) is 12.5. The van der Waals surface area contributed by atoms with Crippen LogP contribution in [0, 0.1) is 10.1 Å². The zero-order valence-corrected chi connectivity index (χ0v) is 14.8. The third-order valence-corrected chi connectivity index (χ3v) is 4.52. The van der Waals surface area contributed by atoms with Crippen LogP contribution in [-0.4, -0.2) is 41.9 Å². The van der Waals surface area contributed by atoms with Gasteiger partial charge in [0.2, 0.25) is 5.91 Å². The first kappa shape index (κ1) is 17.9. The second-order valence-corrected chi connectivity index (χ2v) is 6.41. The van der Waals surface area contributed by atoms with Crippen molar-refractivity contribution in [3.8, 4) is 0 Å². The topological polar surface area (TPSA) is 66.7 Å². The maximum Gasteiger partial charge on any atom is 0.269 e. The lowest BCUT2D eigenvalue weighted by molar-refractivity contribution is -0.384. The molecule has 26 heavy (non-hydrogen) atoms. The van der Waals surface area contributed by atoms with Crippen LogP contribution in [0.15, 0.2) is 54.6 Å². The van der Waals surface area contributed by atoms with E-state index in [1.807, 2.05) is 12.1 Å². The Hall–Kier alpha value is -2.86. The first-order valence-corrected chi connectivity index (χ1v) is 8.63. The van der Waals surface area contributed by atoms with Crippen molar-refractivity contribution in [2.45, 2.75) is 0 Å². The molecule has 2 aromatic carbocycles. The van der Waals surface area contributed by atoms with Crippen LogP contribution < -0.4 is 4.90 Å². The third-order valence-electron chi connectivity index (χ3n) is 4.28. The molecule has 0 atom stereocenters. The van der Waals surface area contributed by atoms with Crippen LogP contribution in [0.2, 0.25) is 5.02 Å². The van der Waals surface area contributed by atoms with Gasteiger partial charge in [0.1, 0.15) is 0 Å². The lowest BCUT2D eigenvalue weighted by Gasteiger charge is -2.35. The third kappa shape index (κ3) is 4.40. The molecule has 1 saturated heterocycles. The molecule has 134 valence electrons. The molecule has 1 amide bonds. The Balaban J connectivity index is 1.56. The number of nitro groups is 1. The van der Waals surface area contributed by atoms with Crippen LogP contribution in [0.3, 0.4) is 0 Å². The largest absolute Gasteiger partial charge is 0.368 e. The molecule has 2 aromatic rings. The van der Waals surface area contributed by atoms with Crippen LogP contribution in [-0.2, 0) is 4.79 Å². The summed E-state index contributed by atoms with van der Waals surface area (Å²) in [4.78, 5) is 26.6. The number of amides is 1. The standard InChI is InChI=1S/C19H18ClN3O3/c20-16-3-1-2-15(14-16)4-9-19(24)22-12-10-21(11-13-22)17-5-7-18(8-6-17)23(25)26/h1-9,14H,10-13H2/b9-4+. The van der Waals surface area contributed by atoms with Crippen molar-refractivity contribution in [1.82, 2.24) is 4.90 Å². The Morgan fingerprint density at radius 2 is 1.77 bits per heavy atom. The number of carbonyl (C=O) groups is 1. The number of hydrogen-bond acceptors (Lipinski definition) is 4. The van der Waals surface area contributed by atoms with Gasteiger partial charge >= 0.3 is 0 Å². The van der Waals surface area contributed by atoms with E-state index in [9.17, 15) is 14.9 Å². The SMILES string of the molecule is O=C(/C=C/c1cccc(Cl)c1)N1CCN(c2ccc([N+](=O)[O-])cc2)CC1. The van der Waals surface area contributed by atoms with E-state index < -0.39 is 4.92 Å². The van der Waals surface area contributed by atoms with E-state index in [1.165, 1.54) is 12.1 Å². The van der Waals surface area contributed by atoms with Gasteiger partial charge in [0.05, 0.1) is 4.92 Å². The highest BCUT2D eigenvalue weighted by molar-refractivity contribution is 6.30. The maximum atomic E-state index is 12.3. The summed E-state index contributed by atoms with van der Waals surface area (Å²) >= 11 is 5.94. The van der Waals surface area contributed by atoms with Gasteiger partial charge in [-0.15, -0.1) is 0 Å². The van der Waals surface area contributed by atoms with Crippen molar-refractivity contribution in [1.29, 1.82) is 0 Å². The van der Waals surface area contributed by atoms with E-state index in [4.69, 9.17) is 11.6 Å². The minimum absolute atomic E-state index is 0.0340. The molecule has 0 aromatic heterocycles. The minimum Gasteiger partial charge on any atom is -0.368 e. The number of piperazine rings is 1. The molecule has 1 aliphatic rings. The van der Waals surface area contributed by atoms with Gasteiger partial charge in [-0.1, -0.05) is 23.7 Å². The smallest absolute Gasteiger partial charge is 0.269 e. The lowest BCUT2D eigenvalue weighted by Crippen LogP contribution is -2.48. The molecular weight excluding hydrogens is 354 g/mol. The minimum atomic E-state index is -0.410. The molecule has 0 bridgehead atoms. The molecule has 7 heteroatoms. The van der Waals surface area contributed by atoms with Gasteiger partial charge in [-0.2, -0.15) is 0 Å². The molecule has 0 saturated carbocycles. The van der Waals surface area contributed by atoms with Crippen LogP contribution >= 0.6 is 11.6 Å². The zero-order chi connectivity index (χ0) is 18.5. The number of carbonyl (C=O) groups excluding carboxylic acids is 1. The van der Waals surface area contributed by atoms with E-state index in [2.05, 4.69) is 4.90 Å². The summed E-state index contributed by atoms with van der Waals surface area (Å²) in [5.74, 6) is -0.0340. The predicted octanol–water partition coefficient (Wildman–Crippen LogP) is 3.61. The van der Waals surface area contributed by atoms with Crippen LogP contribution in [0.25, 0.3) is 6.08 Å². The molecule has 0 unspecified atom stereocenters. The Kier molecular flexibility index (Phi) is 5.53. The Morgan fingerprint density at radius 1 is 1.08 bits per heavy atom. The van der Waals surface area contributed by atoms with E-state index in [1.54, 1.807) is 41.3 Å². The lowest BCUT2D eigenvalue weighted by atomic mass is 10.2. The molecule has 0 spiro atoms. The average molecular weight is 372 g/mol. The number of rotatable bonds is 4. The molecule has 3 rings (SSSR count). The highest BCUT2D eigenvalue weighted by atomic mass is 35.5. The summed E-state index contributed by atoms with van der Waals surface area (Å²) in [6, 6.07) is 13.8. The zero-order valence-electron chi connectivity index (χ0n) is 14.0. The number of benzene rings is 2. The summed E-state index contributed by atoms with van der Waals surface area (Å²) in [6.45, 7) is 2.59. The summed E-state index contributed by atoms with van der Waals surface area (Å²) in [5.41, 5.74) is 1.89. The van der Waals surface area contributed by atoms with Gasteiger partial charge in [-0.05, 0) is 35.9 Å². The molecule has 0 radical (unpaired) electrons. The quantitative estimate of drug-likeness (QED) is 0.468. The van der Waals surface area contributed by atoms with Gasteiger partial charge in [0, 0.05) is 55.1 Å². The fourth-order valence-electron chi connectivity index (χ4n) is 2.85. The number of anilines is 1. The van der Waals surface area contributed by atoms with Crippen molar-refractivity contribution < 1.29 is 9.72 Å². The second kappa shape index (κ2) is 8.01. The van der Waals surface area contributed by atoms with Gasteiger partial charge in [-0.25, -0.2) is 0 Å². The summed E-state index contributed by atoms with van der Waals surface area (Å²) in [6.07, 6.45) is 3.32. The van der Waals surface area contributed by atoms with Crippen molar-refractivity contribution in [2.75, 3.05) is 31.1 Å². The second-order valence-electron chi connectivity index (χ2n) is 5.97. The predicted molar refractivity (Wildman–Crippen MR) is 102 cm³/mol. The number of nitrogens with zero attached hydrogens (tertiary/aromatic N) is 3. The van der Waals surface area contributed by atoms with Crippen molar-refractivity contribution >= 4 is 35.0 Å².